The molecule has 0 aromatic carbocycles. The standard InChI is InChI=1S/C12H19F3N4/c1-4-6-16-11-17-9(12(13,14)15)8-10(18-11)19(3)7-5-2/h8H,4-7H2,1-3H3,(H,16,17,18). The van der Waals surface area contributed by atoms with Crippen LogP contribution in [0.3, 0.4) is 0 Å². The maximum Gasteiger partial charge on any atom is 0.433 e. The topological polar surface area (TPSA) is 41.1 Å². The third-order valence-electron chi connectivity index (χ3n) is 2.49. The summed E-state index contributed by atoms with van der Waals surface area (Å²) in [4.78, 5) is 9.31. The minimum atomic E-state index is -4.46. The predicted molar refractivity (Wildman–Crippen MR) is 69.4 cm³/mol. The summed E-state index contributed by atoms with van der Waals surface area (Å²) in [6.45, 7) is 5.06. The van der Waals surface area contributed by atoms with Crippen molar-refractivity contribution in [2.45, 2.75) is 32.9 Å². The van der Waals surface area contributed by atoms with Crippen molar-refractivity contribution in [3.63, 3.8) is 0 Å². The first-order valence-electron chi connectivity index (χ1n) is 6.29. The lowest BCUT2D eigenvalue weighted by atomic mass is 10.3. The molecule has 0 aliphatic carbocycles. The van der Waals surface area contributed by atoms with E-state index in [-0.39, 0.29) is 11.8 Å². The van der Waals surface area contributed by atoms with Crippen molar-refractivity contribution >= 4 is 11.8 Å². The first-order valence-corrected chi connectivity index (χ1v) is 6.29. The van der Waals surface area contributed by atoms with Crippen molar-refractivity contribution < 1.29 is 13.2 Å². The van der Waals surface area contributed by atoms with Crippen LogP contribution in [-0.2, 0) is 6.18 Å². The molecule has 0 saturated carbocycles. The minimum absolute atomic E-state index is 0.0228. The van der Waals surface area contributed by atoms with Gasteiger partial charge in [-0.1, -0.05) is 13.8 Å². The summed E-state index contributed by atoms with van der Waals surface area (Å²) in [7, 11) is 1.72. The number of halogens is 3. The van der Waals surface area contributed by atoms with Crippen LogP contribution in [0.15, 0.2) is 6.07 Å². The van der Waals surface area contributed by atoms with E-state index in [1.165, 1.54) is 0 Å². The molecule has 0 bridgehead atoms. The molecule has 1 N–H and O–H groups in total. The van der Waals surface area contributed by atoms with Crippen molar-refractivity contribution in [2.75, 3.05) is 30.4 Å². The summed E-state index contributed by atoms with van der Waals surface area (Å²) < 4.78 is 38.3. The monoisotopic (exact) mass is 276 g/mol. The van der Waals surface area contributed by atoms with Gasteiger partial charge in [0.15, 0.2) is 5.69 Å². The molecule has 0 radical (unpaired) electrons. The van der Waals surface area contributed by atoms with Crippen LogP contribution in [-0.4, -0.2) is 30.1 Å². The van der Waals surface area contributed by atoms with Crippen molar-refractivity contribution in [3.8, 4) is 0 Å². The highest BCUT2D eigenvalue weighted by Crippen LogP contribution is 2.30. The van der Waals surface area contributed by atoms with Crippen LogP contribution in [0, 0.1) is 0 Å². The number of aromatic nitrogens is 2. The lowest BCUT2D eigenvalue weighted by Gasteiger charge is -2.19. The van der Waals surface area contributed by atoms with E-state index in [4.69, 9.17) is 0 Å². The average Bonchev–Trinajstić information content (AvgIpc) is 2.35. The zero-order chi connectivity index (χ0) is 14.5. The number of hydrogen-bond acceptors (Lipinski definition) is 4. The van der Waals surface area contributed by atoms with Gasteiger partial charge in [-0.2, -0.15) is 18.2 Å². The molecule has 108 valence electrons. The Bertz CT molecular complexity index is 406. The molecule has 0 atom stereocenters. The second-order valence-electron chi connectivity index (χ2n) is 4.28. The average molecular weight is 276 g/mol. The van der Waals surface area contributed by atoms with E-state index in [2.05, 4.69) is 15.3 Å². The number of hydrogen-bond donors (Lipinski definition) is 1. The zero-order valence-electron chi connectivity index (χ0n) is 11.4. The molecule has 4 nitrogen and oxygen atoms in total. The van der Waals surface area contributed by atoms with Crippen LogP contribution >= 0.6 is 0 Å². The lowest BCUT2D eigenvalue weighted by Crippen LogP contribution is -2.22. The normalized spacial score (nSPS) is 11.5. The zero-order valence-corrected chi connectivity index (χ0v) is 11.4. The Kier molecular flexibility index (Phi) is 5.38. The van der Waals surface area contributed by atoms with Crippen molar-refractivity contribution in [1.29, 1.82) is 0 Å². The van der Waals surface area contributed by atoms with Gasteiger partial charge in [0.1, 0.15) is 5.82 Å². The van der Waals surface area contributed by atoms with Gasteiger partial charge < -0.3 is 10.2 Å². The molecule has 0 fully saturated rings. The number of nitrogens with zero attached hydrogens (tertiary/aromatic N) is 3. The van der Waals surface area contributed by atoms with Crippen LogP contribution in [0.5, 0.6) is 0 Å². The molecule has 1 aromatic heterocycles. The summed E-state index contributed by atoms with van der Waals surface area (Å²) >= 11 is 0. The van der Waals surface area contributed by atoms with Gasteiger partial charge in [-0.3, -0.25) is 0 Å². The van der Waals surface area contributed by atoms with Crippen LogP contribution in [0.1, 0.15) is 32.4 Å². The van der Waals surface area contributed by atoms with E-state index in [0.29, 0.717) is 13.1 Å². The van der Waals surface area contributed by atoms with Crippen LogP contribution in [0.4, 0.5) is 24.9 Å². The van der Waals surface area contributed by atoms with Crippen LogP contribution in [0.25, 0.3) is 0 Å². The third-order valence-corrected chi connectivity index (χ3v) is 2.49. The molecule has 0 spiro atoms. The largest absolute Gasteiger partial charge is 0.433 e. The predicted octanol–water partition coefficient (Wildman–Crippen LogP) is 3.16. The van der Waals surface area contributed by atoms with E-state index in [1.54, 1.807) is 11.9 Å². The first-order chi connectivity index (χ1) is 8.88. The maximum atomic E-state index is 12.8. The molecule has 0 amide bonds. The van der Waals surface area contributed by atoms with Gasteiger partial charge in [-0.05, 0) is 12.8 Å². The fourth-order valence-corrected chi connectivity index (χ4v) is 1.54. The first kappa shape index (κ1) is 15.5. The summed E-state index contributed by atoms with van der Waals surface area (Å²) in [6, 6.07) is 0.979. The molecule has 1 aromatic rings. The van der Waals surface area contributed by atoms with Crippen molar-refractivity contribution in [2.24, 2.45) is 0 Å². The van der Waals surface area contributed by atoms with Gasteiger partial charge in [-0.25, -0.2) is 4.98 Å². The summed E-state index contributed by atoms with van der Waals surface area (Å²) in [5.41, 5.74) is -0.918. The highest BCUT2D eigenvalue weighted by Gasteiger charge is 2.34. The number of alkyl halides is 3. The Labute approximate surface area is 111 Å². The quantitative estimate of drug-likeness (QED) is 0.866. The van der Waals surface area contributed by atoms with Gasteiger partial charge in [0.05, 0.1) is 0 Å². The van der Waals surface area contributed by atoms with E-state index >= 15 is 0 Å². The fraction of sp³-hybridized carbons (Fsp3) is 0.667. The van der Waals surface area contributed by atoms with Gasteiger partial charge in [-0.15, -0.1) is 0 Å². The molecular formula is C12H19F3N4. The summed E-state index contributed by atoms with van der Waals surface area (Å²) in [5.74, 6) is 0.303. The van der Waals surface area contributed by atoms with E-state index in [9.17, 15) is 13.2 Å². The van der Waals surface area contributed by atoms with Gasteiger partial charge in [0.2, 0.25) is 5.95 Å². The van der Waals surface area contributed by atoms with Crippen LogP contribution in [0.2, 0.25) is 0 Å². The Balaban J connectivity index is 3.08. The Morgan fingerprint density at radius 2 is 1.89 bits per heavy atom. The number of rotatable bonds is 6. The molecular weight excluding hydrogens is 257 g/mol. The van der Waals surface area contributed by atoms with E-state index in [0.717, 1.165) is 18.9 Å². The molecule has 7 heteroatoms. The molecule has 0 aliphatic heterocycles. The minimum Gasteiger partial charge on any atom is -0.360 e. The highest BCUT2D eigenvalue weighted by atomic mass is 19.4. The van der Waals surface area contributed by atoms with E-state index in [1.807, 2.05) is 13.8 Å². The van der Waals surface area contributed by atoms with Gasteiger partial charge in [0, 0.05) is 26.2 Å². The third kappa shape index (κ3) is 4.57. The highest BCUT2D eigenvalue weighted by molar-refractivity contribution is 5.44. The molecule has 1 rings (SSSR count). The van der Waals surface area contributed by atoms with Crippen molar-refractivity contribution in [3.05, 3.63) is 11.8 Å². The SMILES string of the molecule is CCCNc1nc(N(C)CCC)cc(C(F)(F)F)n1. The second-order valence-corrected chi connectivity index (χ2v) is 4.28. The summed E-state index contributed by atoms with van der Waals surface area (Å²) in [6.07, 6.45) is -2.84. The van der Waals surface area contributed by atoms with E-state index < -0.39 is 11.9 Å². The fourth-order valence-electron chi connectivity index (χ4n) is 1.54. The Hall–Kier alpha value is -1.53. The maximum absolute atomic E-state index is 12.8. The molecule has 19 heavy (non-hydrogen) atoms. The van der Waals surface area contributed by atoms with Gasteiger partial charge in [0.25, 0.3) is 0 Å². The van der Waals surface area contributed by atoms with Gasteiger partial charge >= 0.3 is 6.18 Å². The van der Waals surface area contributed by atoms with Crippen LogP contribution < -0.4 is 10.2 Å². The molecule has 1 heterocycles. The second kappa shape index (κ2) is 6.58. The number of nitrogens with one attached hydrogen (secondary N) is 1. The molecule has 0 unspecified atom stereocenters. The lowest BCUT2D eigenvalue weighted by molar-refractivity contribution is -0.141. The number of anilines is 2. The molecule has 0 saturated heterocycles. The summed E-state index contributed by atoms with van der Waals surface area (Å²) in [5, 5.41) is 2.80. The Morgan fingerprint density at radius 1 is 1.21 bits per heavy atom. The van der Waals surface area contributed by atoms with Crippen molar-refractivity contribution in [1.82, 2.24) is 9.97 Å². The smallest absolute Gasteiger partial charge is 0.360 e. The molecule has 0 aliphatic rings. The Morgan fingerprint density at radius 3 is 2.42 bits per heavy atom.